The normalized spacial score (nSPS) is 25.8. The van der Waals surface area contributed by atoms with Gasteiger partial charge in [-0.25, -0.2) is 9.78 Å². The van der Waals surface area contributed by atoms with Crippen molar-refractivity contribution in [3.05, 3.63) is 16.6 Å². The zero-order valence-electron chi connectivity index (χ0n) is 14.5. The van der Waals surface area contributed by atoms with Crippen LogP contribution in [0, 0.1) is 5.41 Å². The van der Waals surface area contributed by atoms with Gasteiger partial charge in [0.1, 0.15) is 10.5 Å². The molecular formula is C17H25N5O2S. The van der Waals surface area contributed by atoms with Crippen LogP contribution < -0.4 is 11.1 Å². The molecule has 1 aromatic rings. The fraction of sp³-hybridized carbons (Fsp3) is 0.706. The summed E-state index contributed by atoms with van der Waals surface area (Å²) < 4.78 is 0. The summed E-state index contributed by atoms with van der Waals surface area (Å²) >= 11 is 1.70. The van der Waals surface area contributed by atoms with Gasteiger partial charge in [-0.15, -0.1) is 11.3 Å². The molecule has 136 valence electrons. The lowest BCUT2D eigenvalue weighted by Gasteiger charge is -2.36. The molecule has 3 N–H and O–H groups in total. The number of likely N-dealkylation sites (tertiary alicyclic amines) is 1. The van der Waals surface area contributed by atoms with Crippen molar-refractivity contribution < 1.29 is 9.59 Å². The van der Waals surface area contributed by atoms with Gasteiger partial charge >= 0.3 is 6.03 Å². The number of nitrogens with zero attached hydrogens (tertiary/aromatic N) is 3. The highest BCUT2D eigenvalue weighted by molar-refractivity contribution is 7.09. The number of nitrogens with one attached hydrogen (secondary N) is 1. The Kier molecular flexibility index (Phi) is 3.99. The number of carbonyl (C=O) groups is 2. The number of amides is 3. The van der Waals surface area contributed by atoms with Gasteiger partial charge in [0, 0.05) is 30.7 Å². The minimum absolute atomic E-state index is 0.0505. The Labute approximate surface area is 151 Å². The summed E-state index contributed by atoms with van der Waals surface area (Å²) in [4.78, 5) is 32.6. The largest absolute Gasteiger partial charge is 0.352 e. The van der Waals surface area contributed by atoms with Crippen LogP contribution in [0.25, 0.3) is 0 Å². The quantitative estimate of drug-likeness (QED) is 0.821. The van der Waals surface area contributed by atoms with Crippen LogP contribution in [0.5, 0.6) is 0 Å². The minimum Gasteiger partial charge on any atom is -0.352 e. The molecule has 7 nitrogen and oxygen atoms in total. The van der Waals surface area contributed by atoms with E-state index >= 15 is 0 Å². The standard InChI is InChI=1S/C17H25N5O2S/c1-21(11-13-19-6-9-25-13)12-10-16(12)4-7-22(8-5-16)14(23)17(2-3-17)20-15(18)24/h6,9,12H,2-5,7-8,10-11H2,1H3,(H3,18,20,24). The topological polar surface area (TPSA) is 91.6 Å². The van der Waals surface area contributed by atoms with E-state index in [0.717, 1.165) is 37.5 Å². The molecular weight excluding hydrogens is 338 g/mol. The van der Waals surface area contributed by atoms with Crippen LogP contribution in [-0.2, 0) is 11.3 Å². The number of piperidine rings is 1. The molecule has 3 aliphatic rings. The fourth-order valence-corrected chi connectivity index (χ4v) is 5.03. The molecule has 25 heavy (non-hydrogen) atoms. The first kappa shape index (κ1) is 16.8. The van der Waals surface area contributed by atoms with Gasteiger partial charge < -0.3 is 16.0 Å². The lowest BCUT2D eigenvalue weighted by atomic mass is 9.91. The second kappa shape index (κ2) is 5.95. The molecule has 3 amide bonds. The number of hydrogen-bond donors (Lipinski definition) is 2. The number of rotatable bonds is 5. The average molecular weight is 363 g/mol. The number of urea groups is 1. The zero-order valence-corrected chi connectivity index (χ0v) is 15.3. The molecule has 0 radical (unpaired) electrons. The summed E-state index contributed by atoms with van der Waals surface area (Å²) in [6, 6.07) is -0.0160. The zero-order chi connectivity index (χ0) is 17.7. The van der Waals surface area contributed by atoms with Gasteiger partial charge in [0.2, 0.25) is 5.91 Å². The molecule has 2 aliphatic carbocycles. The number of hydrogen-bond acceptors (Lipinski definition) is 5. The molecule has 0 bridgehead atoms. The predicted molar refractivity (Wildman–Crippen MR) is 94.9 cm³/mol. The van der Waals surface area contributed by atoms with Crippen molar-refractivity contribution >= 4 is 23.3 Å². The molecule has 1 aromatic heterocycles. The average Bonchev–Trinajstić information content (AvgIpc) is 3.44. The number of aromatic nitrogens is 1. The Morgan fingerprint density at radius 2 is 2.12 bits per heavy atom. The molecule has 2 saturated carbocycles. The van der Waals surface area contributed by atoms with Crippen LogP contribution in [-0.4, -0.2) is 58.4 Å². The highest BCUT2D eigenvalue weighted by Crippen LogP contribution is 2.57. The van der Waals surface area contributed by atoms with E-state index in [0.29, 0.717) is 24.3 Å². The van der Waals surface area contributed by atoms with Crippen molar-refractivity contribution in [1.29, 1.82) is 0 Å². The minimum atomic E-state index is -0.707. The number of nitrogens with two attached hydrogens (primary N) is 1. The Hall–Kier alpha value is -1.67. The molecule has 1 unspecified atom stereocenters. The highest BCUT2D eigenvalue weighted by Gasteiger charge is 2.59. The van der Waals surface area contributed by atoms with Gasteiger partial charge in [0.25, 0.3) is 0 Å². The predicted octanol–water partition coefficient (Wildman–Crippen LogP) is 1.16. The Balaban J connectivity index is 1.30. The summed E-state index contributed by atoms with van der Waals surface area (Å²) in [6.07, 6.45) is 6.55. The highest BCUT2D eigenvalue weighted by atomic mass is 32.1. The smallest absolute Gasteiger partial charge is 0.313 e. The van der Waals surface area contributed by atoms with E-state index in [1.165, 1.54) is 6.42 Å². The number of carbonyl (C=O) groups excluding carboxylic acids is 2. The van der Waals surface area contributed by atoms with Gasteiger partial charge in [0.15, 0.2) is 0 Å². The van der Waals surface area contributed by atoms with Crippen LogP contribution in [0.3, 0.4) is 0 Å². The SMILES string of the molecule is CN(Cc1nccs1)C1CC12CCN(C(=O)C1(NC(N)=O)CC1)CC2. The lowest BCUT2D eigenvalue weighted by molar-refractivity contribution is -0.136. The molecule has 1 spiro atoms. The monoisotopic (exact) mass is 363 g/mol. The van der Waals surface area contributed by atoms with E-state index in [4.69, 9.17) is 5.73 Å². The first-order valence-corrected chi connectivity index (χ1v) is 9.78. The Bertz CT molecular complexity index is 665. The molecule has 1 atom stereocenters. The van der Waals surface area contributed by atoms with Crippen LogP contribution in [0.4, 0.5) is 4.79 Å². The van der Waals surface area contributed by atoms with E-state index in [1.54, 1.807) is 11.3 Å². The molecule has 1 saturated heterocycles. The third kappa shape index (κ3) is 3.13. The molecule has 3 fully saturated rings. The molecule has 4 rings (SSSR count). The Morgan fingerprint density at radius 1 is 1.40 bits per heavy atom. The van der Waals surface area contributed by atoms with E-state index < -0.39 is 11.6 Å². The van der Waals surface area contributed by atoms with Crippen molar-refractivity contribution in [2.45, 2.75) is 50.2 Å². The molecule has 2 heterocycles. The summed E-state index contributed by atoms with van der Waals surface area (Å²) in [7, 11) is 2.17. The van der Waals surface area contributed by atoms with E-state index in [9.17, 15) is 9.59 Å². The van der Waals surface area contributed by atoms with Gasteiger partial charge in [-0.05, 0) is 44.6 Å². The van der Waals surface area contributed by atoms with Gasteiger partial charge in [0.05, 0.1) is 6.54 Å². The van der Waals surface area contributed by atoms with Crippen LogP contribution in [0.15, 0.2) is 11.6 Å². The lowest BCUT2D eigenvalue weighted by Crippen LogP contribution is -2.54. The maximum Gasteiger partial charge on any atom is 0.313 e. The summed E-state index contributed by atoms with van der Waals surface area (Å²) in [5, 5.41) is 5.82. The van der Waals surface area contributed by atoms with Crippen molar-refractivity contribution in [2.75, 3.05) is 20.1 Å². The maximum absolute atomic E-state index is 12.7. The first-order chi connectivity index (χ1) is 11.9. The Morgan fingerprint density at radius 3 is 2.68 bits per heavy atom. The van der Waals surface area contributed by atoms with Crippen molar-refractivity contribution in [1.82, 2.24) is 20.1 Å². The van der Waals surface area contributed by atoms with Crippen molar-refractivity contribution in [3.8, 4) is 0 Å². The van der Waals surface area contributed by atoms with E-state index in [1.807, 2.05) is 16.5 Å². The van der Waals surface area contributed by atoms with E-state index in [2.05, 4.69) is 22.2 Å². The van der Waals surface area contributed by atoms with Crippen molar-refractivity contribution in [2.24, 2.45) is 11.1 Å². The van der Waals surface area contributed by atoms with Gasteiger partial charge in [-0.1, -0.05) is 0 Å². The maximum atomic E-state index is 12.7. The molecule has 1 aliphatic heterocycles. The fourth-order valence-electron chi connectivity index (χ4n) is 4.35. The van der Waals surface area contributed by atoms with Crippen LogP contribution in [0.1, 0.15) is 37.1 Å². The first-order valence-electron chi connectivity index (χ1n) is 8.90. The van der Waals surface area contributed by atoms with Gasteiger partial charge in [-0.3, -0.25) is 9.69 Å². The third-order valence-electron chi connectivity index (χ3n) is 6.12. The second-order valence-corrected chi connectivity index (χ2v) is 8.77. The van der Waals surface area contributed by atoms with Crippen molar-refractivity contribution in [3.63, 3.8) is 0 Å². The third-order valence-corrected chi connectivity index (χ3v) is 6.88. The van der Waals surface area contributed by atoms with E-state index in [-0.39, 0.29) is 5.91 Å². The summed E-state index contributed by atoms with van der Waals surface area (Å²) in [6.45, 7) is 2.46. The van der Waals surface area contributed by atoms with Crippen LogP contribution >= 0.6 is 11.3 Å². The summed E-state index contributed by atoms with van der Waals surface area (Å²) in [5.41, 5.74) is 4.87. The second-order valence-electron chi connectivity index (χ2n) is 7.79. The number of thiazole rings is 1. The molecule has 0 aromatic carbocycles. The molecule has 8 heteroatoms. The number of primary amides is 1. The van der Waals surface area contributed by atoms with Gasteiger partial charge in [-0.2, -0.15) is 0 Å². The summed E-state index contributed by atoms with van der Waals surface area (Å²) in [5.74, 6) is 0.0505. The van der Waals surface area contributed by atoms with Crippen LogP contribution in [0.2, 0.25) is 0 Å².